The van der Waals surface area contributed by atoms with Gasteiger partial charge in [-0.2, -0.15) is 0 Å². The molecule has 19 heavy (non-hydrogen) atoms. The summed E-state index contributed by atoms with van der Waals surface area (Å²) in [6.07, 6.45) is -0.771. The van der Waals surface area contributed by atoms with Crippen molar-refractivity contribution in [2.75, 3.05) is 0 Å². The summed E-state index contributed by atoms with van der Waals surface area (Å²) in [6, 6.07) is 10.8. The van der Waals surface area contributed by atoms with Crippen molar-refractivity contribution in [1.29, 1.82) is 0 Å². The summed E-state index contributed by atoms with van der Waals surface area (Å²) in [4.78, 5) is 12.0. The molecule has 0 aliphatic rings. The lowest BCUT2D eigenvalue weighted by atomic mass is 10.1. The molecular weight excluding hydrogens is 250 g/mol. The van der Waals surface area contributed by atoms with Crippen molar-refractivity contribution < 1.29 is 18.3 Å². The van der Waals surface area contributed by atoms with Gasteiger partial charge in [0.05, 0.1) is 0 Å². The molecular formula is C15H12F2O2. The van der Waals surface area contributed by atoms with E-state index >= 15 is 0 Å². The molecule has 0 saturated carbocycles. The summed E-state index contributed by atoms with van der Waals surface area (Å²) in [7, 11) is 0. The zero-order chi connectivity index (χ0) is 13.8. The second-order valence-electron chi connectivity index (χ2n) is 4.09. The molecule has 0 N–H and O–H groups in total. The van der Waals surface area contributed by atoms with Gasteiger partial charge in [-0.25, -0.2) is 8.78 Å². The van der Waals surface area contributed by atoms with Crippen LogP contribution in [0.15, 0.2) is 48.5 Å². The lowest BCUT2D eigenvalue weighted by Gasteiger charge is -2.13. The number of Topliss-reactive ketones (excluding diaryl/α,β-unsaturated/α-hetero) is 1. The highest BCUT2D eigenvalue weighted by molar-refractivity contribution is 5.99. The minimum absolute atomic E-state index is 0.281. The minimum atomic E-state index is -0.771. The highest BCUT2D eigenvalue weighted by Gasteiger charge is 2.17. The molecule has 0 saturated heterocycles. The normalized spacial score (nSPS) is 11.9. The number of carbonyl (C=O) groups is 1. The third kappa shape index (κ3) is 3.37. The van der Waals surface area contributed by atoms with Gasteiger partial charge in [0, 0.05) is 11.6 Å². The first-order valence-corrected chi connectivity index (χ1v) is 5.78. The third-order valence-electron chi connectivity index (χ3n) is 2.61. The summed E-state index contributed by atoms with van der Waals surface area (Å²) < 4.78 is 31.1. The van der Waals surface area contributed by atoms with Gasteiger partial charge in [-0.1, -0.05) is 6.07 Å². The molecule has 0 radical (unpaired) electrons. The van der Waals surface area contributed by atoms with E-state index in [9.17, 15) is 13.6 Å². The highest BCUT2D eigenvalue weighted by Crippen LogP contribution is 2.16. The van der Waals surface area contributed by atoms with Crippen LogP contribution in [-0.4, -0.2) is 11.9 Å². The number of halogens is 2. The molecule has 98 valence electrons. The largest absolute Gasteiger partial charge is 0.482 e. The average Bonchev–Trinajstić information content (AvgIpc) is 2.39. The molecule has 1 unspecified atom stereocenters. The molecule has 1 atom stereocenters. The molecule has 4 heteroatoms. The van der Waals surface area contributed by atoms with E-state index in [0.717, 1.165) is 0 Å². The van der Waals surface area contributed by atoms with Crippen LogP contribution in [0, 0.1) is 11.6 Å². The number of hydrogen-bond acceptors (Lipinski definition) is 2. The first-order chi connectivity index (χ1) is 9.06. The molecule has 0 amide bonds. The maximum Gasteiger partial charge on any atom is 0.202 e. The van der Waals surface area contributed by atoms with Crippen LogP contribution < -0.4 is 4.74 Å². The summed E-state index contributed by atoms with van der Waals surface area (Å²) in [5, 5.41) is 0. The van der Waals surface area contributed by atoms with E-state index in [4.69, 9.17) is 4.74 Å². The molecule has 2 nitrogen and oxygen atoms in total. The Morgan fingerprint density at radius 2 is 1.74 bits per heavy atom. The van der Waals surface area contributed by atoms with E-state index in [-0.39, 0.29) is 11.5 Å². The van der Waals surface area contributed by atoms with E-state index in [1.807, 2.05) is 0 Å². The van der Waals surface area contributed by atoms with Crippen LogP contribution in [0.25, 0.3) is 0 Å². The molecule has 2 rings (SSSR count). The maximum absolute atomic E-state index is 13.0. The summed E-state index contributed by atoms with van der Waals surface area (Å²) >= 11 is 0. The van der Waals surface area contributed by atoms with Crippen LogP contribution in [-0.2, 0) is 0 Å². The van der Waals surface area contributed by atoms with Crippen LogP contribution in [0.1, 0.15) is 17.3 Å². The summed E-state index contributed by atoms with van der Waals surface area (Å²) in [6.45, 7) is 1.57. The van der Waals surface area contributed by atoms with Gasteiger partial charge in [-0.05, 0) is 43.3 Å². The molecule has 2 aromatic rings. The Hall–Kier alpha value is -2.23. The second kappa shape index (κ2) is 5.61. The van der Waals surface area contributed by atoms with Crippen LogP contribution in [0.3, 0.4) is 0 Å². The van der Waals surface area contributed by atoms with Gasteiger partial charge in [-0.3, -0.25) is 4.79 Å². The standard InChI is InChI=1S/C15H12F2O2/c1-10(19-14-4-2-3-13(17)9-14)15(18)11-5-7-12(16)8-6-11/h2-10H,1H3. The van der Waals surface area contributed by atoms with Crippen LogP contribution in [0.2, 0.25) is 0 Å². The number of ether oxygens (including phenoxy) is 1. The van der Waals surface area contributed by atoms with Gasteiger partial charge in [-0.15, -0.1) is 0 Å². The zero-order valence-corrected chi connectivity index (χ0v) is 10.3. The molecule has 0 heterocycles. The number of carbonyl (C=O) groups excluding carboxylic acids is 1. The van der Waals surface area contributed by atoms with Crippen molar-refractivity contribution in [2.24, 2.45) is 0 Å². The van der Waals surface area contributed by atoms with E-state index in [1.165, 1.54) is 42.5 Å². The highest BCUT2D eigenvalue weighted by atomic mass is 19.1. The van der Waals surface area contributed by atoms with Crippen LogP contribution in [0.5, 0.6) is 5.75 Å². The topological polar surface area (TPSA) is 26.3 Å². The molecule has 0 aliphatic heterocycles. The molecule has 0 fully saturated rings. The number of ketones is 1. The van der Waals surface area contributed by atoms with Gasteiger partial charge < -0.3 is 4.74 Å². The van der Waals surface area contributed by atoms with Gasteiger partial charge in [0.2, 0.25) is 5.78 Å². The maximum atomic E-state index is 13.0. The smallest absolute Gasteiger partial charge is 0.202 e. The Kier molecular flexibility index (Phi) is 3.90. The average molecular weight is 262 g/mol. The van der Waals surface area contributed by atoms with Crippen LogP contribution in [0.4, 0.5) is 8.78 Å². The quantitative estimate of drug-likeness (QED) is 0.787. The Morgan fingerprint density at radius 1 is 1.05 bits per heavy atom. The van der Waals surface area contributed by atoms with Gasteiger partial charge in [0.25, 0.3) is 0 Å². The number of hydrogen-bond donors (Lipinski definition) is 0. The van der Waals surface area contributed by atoms with Gasteiger partial charge in [0.1, 0.15) is 17.4 Å². The zero-order valence-electron chi connectivity index (χ0n) is 10.3. The monoisotopic (exact) mass is 262 g/mol. The Balaban J connectivity index is 2.09. The Morgan fingerprint density at radius 3 is 2.37 bits per heavy atom. The predicted octanol–water partition coefficient (Wildman–Crippen LogP) is 3.62. The van der Waals surface area contributed by atoms with Crippen molar-refractivity contribution in [3.63, 3.8) is 0 Å². The van der Waals surface area contributed by atoms with Crippen molar-refractivity contribution >= 4 is 5.78 Å². The van der Waals surface area contributed by atoms with Crippen molar-refractivity contribution in [1.82, 2.24) is 0 Å². The fourth-order valence-corrected chi connectivity index (χ4v) is 1.65. The Labute approximate surface area is 109 Å². The SMILES string of the molecule is CC(Oc1cccc(F)c1)C(=O)c1ccc(F)cc1. The van der Waals surface area contributed by atoms with Gasteiger partial charge in [0.15, 0.2) is 6.10 Å². The Bertz CT molecular complexity index is 579. The fraction of sp³-hybridized carbons (Fsp3) is 0.133. The lowest BCUT2D eigenvalue weighted by Crippen LogP contribution is -2.23. The van der Waals surface area contributed by atoms with Crippen LogP contribution >= 0.6 is 0 Å². The number of benzene rings is 2. The van der Waals surface area contributed by atoms with Crippen molar-refractivity contribution in [3.05, 3.63) is 65.7 Å². The van der Waals surface area contributed by atoms with E-state index in [1.54, 1.807) is 13.0 Å². The lowest BCUT2D eigenvalue weighted by molar-refractivity contribution is 0.0817. The van der Waals surface area contributed by atoms with E-state index in [2.05, 4.69) is 0 Å². The third-order valence-corrected chi connectivity index (χ3v) is 2.61. The van der Waals surface area contributed by atoms with Crippen molar-refractivity contribution in [3.8, 4) is 5.75 Å². The fourth-order valence-electron chi connectivity index (χ4n) is 1.65. The minimum Gasteiger partial charge on any atom is -0.482 e. The van der Waals surface area contributed by atoms with Crippen molar-refractivity contribution in [2.45, 2.75) is 13.0 Å². The predicted molar refractivity (Wildman–Crippen MR) is 67.2 cm³/mol. The second-order valence-corrected chi connectivity index (χ2v) is 4.09. The summed E-state index contributed by atoms with van der Waals surface area (Å²) in [5.74, 6) is -0.846. The first kappa shape index (κ1) is 13.2. The first-order valence-electron chi connectivity index (χ1n) is 5.78. The molecule has 0 spiro atoms. The molecule has 0 aliphatic carbocycles. The van der Waals surface area contributed by atoms with E-state index in [0.29, 0.717) is 5.56 Å². The number of rotatable bonds is 4. The van der Waals surface area contributed by atoms with Gasteiger partial charge >= 0.3 is 0 Å². The summed E-state index contributed by atoms with van der Waals surface area (Å²) in [5.41, 5.74) is 0.352. The molecule has 0 aromatic heterocycles. The molecule has 2 aromatic carbocycles. The van der Waals surface area contributed by atoms with E-state index < -0.39 is 17.7 Å². The molecule has 0 bridgehead atoms.